The molecule has 0 aromatic carbocycles. The minimum Gasteiger partial charge on any atom is -0.356 e. The van der Waals surface area contributed by atoms with Gasteiger partial charge in [0.05, 0.1) is 0 Å². The van der Waals surface area contributed by atoms with Crippen molar-refractivity contribution < 1.29 is 4.79 Å². The molecule has 3 atom stereocenters. The van der Waals surface area contributed by atoms with E-state index in [0.717, 1.165) is 31.2 Å². The molecule has 4 saturated carbocycles. The van der Waals surface area contributed by atoms with E-state index in [9.17, 15) is 4.79 Å². The van der Waals surface area contributed by atoms with E-state index >= 15 is 0 Å². The number of rotatable bonds is 4. The fraction of sp³-hybridized carbons (Fsp3) is 0.875. The third-order valence-corrected chi connectivity index (χ3v) is 6.32. The smallest absolute Gasteiger partial charge is 0.223 e. The average Bonchev–Trinajstić information content (AvgIpc) is 2.39. The molecule has 20 heavy (non-hydrogen) atoms. The van der Waals surface area contributed by atoms with Crippen LogP contribution in [0.15, 0.2) is 0 Å². The molecule has 4 aliphatic carbocycles. The third kappa shape index (κ3) is 2.17. The lowest BCUT2D eigenvalue weighted by Gasteiger charge is -2.60. The molecule has 0 aliphatic heterocycles. The summed E-state index contributed by atoms with van der Waals surface area (Å²) in [5, 5.41) is 14.4. The van der Waals surface area contributed by atoms with Gasteiger partial charge in [-0.25, -0.2) is 0 Å². The van der Waals surface area contributed by atoms with Crippen molar-refractivity contribution in [1.29, 1.82) is 5.26 Å². The van der Waals surface area contributed by atoms with Gasteiger partial charge >= 0.3 is 0 Å². The molecule has 4 nitrogen and oxygen atoms in total. The number of amides is 1. The van der Waals surface area contributed by atoms with Crippen molar-refractivity contribution in [1.82, 2.24) is 10.6 Å². The van der Waals surface area contributed by atoms with E-state index in [-0.39, 0.29) is 17.9 Å². The van der Waals surface area contributed by atoms with E-state index < -0.39 is 0 Å². The first-order valence-corrected chi connectivity index (χ1v) is 7.94. The van der Waals surface area contributed by atoms with Crippen LogP contribution in [0.25, 0.3) is 0 Å². The van der Waals surface area contributed by atoms with Crippen molar-refractivity contribution in [2.24, 2.45) is 29.1 Å². The second-order valence-corrected chi connectivity index (χ2v) is 7.56. The van der Waals surface area contributed by atoms with Crippen LogP contribution in [0.1, 0.15) is 46.0 Å². The second-order valence-electron chi connectivity index (χ2n) is 7.56. The van der Waals surface area contributed by atoms with Crippen LogP contribution >= 0.6 is 0 Å². The Balaban J connectivity index is 1.42. The number of fused-ring (bicyclic) bond motifs is 2. The quantitative estimate of drug-likeness (QED) is 0.609. The Kier molecular flexibility index (Phi) is 3.40. The van der Waals surface area contributed by atoms with E-state index in [1.54, 1.807) is 0 Å². The molecule has 4 heteroatoms. The summed E-state index contributed by atoms with van der Waals surface area (Å²) in [4.78, 5) is 12.1. The molecule has 1 amide bonds. The molecule has 0 heterocycles. The predicted octanol–water partition coefficient (Wildman–Crippen LogP) is 2.02. The van der Waals surface area contributed by atoms with Gasteiger partial charge in [-0.1, -0.05) is 13.8 Å². The molecule has 110 valence electrons. The lowest BCUT2D eigenvalue weighted by atomic mass is 9.45. The van der Waals surface area contributed by atoms with Crippen LogP contribution in [0.5, 0.6) is 0 Å². The number of nitrogens with zero attached hydrogens (tertiary/aromatic N) is 1. The topological polar surface area (TPSA) is 64.9 Å². The number of nitriles is 1. The standard InChI is InChI=1S/C16H25N3O/c1-16(2)12-4-3-10(14(16)7-12)8-18-15(20)11-5-13(6-11)19-9-17/h10-14,19H,3-8H2,1-2H3,(H,18,20)/t10?,11?,12-,13?,14?/m1/s1. The highest BCUT2D eigenvalue weighted by molar-refractivity contribution is 5.79. The van der Waals surface area contributed by atoms with Gasteiger partial charge in [0.2, 0.25) is 5.91 Å². The van der Waals surface area contributed by atoms with Crippen molar-refractivity contribution >= 4 is 5.91 Å². The van der Waals surface area contributed by atoms with Gasteiger partial charge in [-0.05, 0) is 55.3 Å². The highest BCUT2D eigenvalue weighted by atomic mass is 16.1. The molecule has 2 unspecified atom stereocenters. The predicted molar refractivity (Wildman–Crippen MR) is 76.4 cm³/mol. The maximum Gasteiger partial charge on any atom is 0.223 e. The number of nitrogens with one attached hydrogen (secondary N) is 2. The molecular weight excluding hydrogens is 250 g/mol. The second kappa shape index (κ2) is 4.95. The Hall–Kier alpha value is -1.24. The third-order valence-electron chi connectivity index (χ3n) is 6.32. The zero-order chi connectivity index (χ0) is 14.3. The van der Waals surface area contributed by atoms with Gasteiger partial charge in [0, 0.05) is 18.5 Å². The molecule has 4 rings (SSSR count). The van der Waals surface area contributed by atoms with Crippen molar-refractivity contribution in [2.75, 3.05) is 6.54 Å². The average molecular weight is 275 g/mol. The monoisotopic (exact) mass is 275 g/mol. The van der Waals surface area contributed by atoms with Gasteiger partial charge in [-0.2, -0.15) is 5.26 Å². The number of hydrogen-bond donors (Lipinski definition) is 2. The summed E-state index contributed by atoms with van der Waals surface area (Å²) in [5.74, 6) is 2.71. The molecule has 0 radical (unpaired) electrons. The summed E-state index contributed by atoms with van der Waals surface area (Å²) >= 11 is 0. The van der Waals surface area contributed by atoms with Crippen molar-refractivity contribution in [2.45, 2.75) is 52.0 Å². The zero-order valence-electron chi connectivity index (χ0n) is 12.5. The molecule has 4 fully saturated rings. The maximum absolute atomic E-state index is 12.1. The first kappa shape index (κ1) is 13.7. The van der Waals surface area contributed by atoms with Gasteiger partial charge in [-0.3, -0.25) is 4.79 Å². The highest BCUT2D eigenvalue weighted by Crippen LogP contribution is 2.61. The summed E-state index contributed by atoms with van der Waals surface area (Å²) < 4.78 is 0. The number of carbonyl (C=O) groups excluding carboxylic acids is 1. The number of carbonyl (C=O) groups is 1. The van der Waals surface area contributed by atoms with Crippen LogP contribution in [0.3, 0.4) is 0 Å². The van der Waals surface area contributed by atoms with E-state index in [0.29, 0.717) is 11.3 Å². The van der Waals surface area contributed by atoms with Crippen LogP contribution in [0.2, 0.25) is 0 Å². The van der Waals surface area contributed by atoms with Gasteiger partial charge < -0.3 is 10.6 Å². The highest BCUT2D eigenvalue weighted by Gasteiger charge is 2.54. The summed E-state index contributed by atoms with van der Waals surface area (Å²) in [6.07, 6.45) is 7.55. The van der Waals surface area contributed by atoms with Crippen LogP contribution in [0.4, 0.5) is 0 Å². The first-order valence-electron chi connectivity index (χ1n) is 7.94. The molecule has 0 saturated heterocycles. The van der Waals surface area contributed by atoms with Crippen LogP contribution < -0.4 is 10.6 Å². The first-order chi connectivity index (χ1) is 9.52. The van der Waals surface area contributed by atoms with Gasteiger partial charge in [0.25, 0.3) is 0 Å². The fourth-order valence-corrected chi connectivity index (χ4v) is 4.62. The Morgan fingerprint density at radius 3 is 2.65 bits per heavy atom. The molecule has 4 aliphatic rings. The summed E-state index contributed by atoms with van der Waals surface area (Å²) in [6.45, 7) is 5.64. The summed E-state index contributed by atoms with van der Waals surface area (Å²) in [5.41, 5.74) is 0.492. The van der Waals surface area contributed by atoms with E-state index in [2.05, 4.69) is 24.5 Å². The van der Waals surface area contributed by atoms with Crippen molar-refractivity contribution in [3.8, 4) is 6.19 Å². The lowest BCUT2D eigenvalue weighted by Crippen LogP contribution is -2.55. The van der Waals surface area contributed by atoms with Crippen LogP contribution in [-0.2, 0) is 4.79 Å². The molecular formula is C16H25N3O. The Morgan fingerprint density at radius 2 is 2.05 bits per heavy atom. The summed E-state index contributed by atoms with van der Waals surface area (Å²) in [6, 6.07) is 0.219. The largest absolute Gasteiger partial charge is 0.356 e. The van der Waals surface area contributed by atoms with E-state index in [1.807, 2.05) is 6.19 Å². The van der Waals surface area contributed by atoms with Gasteiger partial charge in [0.15, 0.2) is 6.19 Å². The lowest BCUT2D eigenvalue weighted by molar-refractivity contribution is -0.131. The fourth-order valence-electron chi connectivity index (χ4n) is 4.62. The van der Waals surface area contributed by atoms with Crippen molar-refractivity contribution in [3.63, 3.8) is 0 Å². The summed E-state index contributed by atoms with van der Waals surface area (Å²) in [7, 11) is 0. The molecule has 0 spiro atoms. The Morgan fingerprint density at radius 1 is 1.30 bits per heavy atom. The minimum absolute atomic E-state index is 0.117. The molecule has 0 aromatic rings. The Labute approximate surface area is 121 Å². The molecule has 2 bridgehead atoms. The zero-order valence-corrected chi connectivity index (χ0v) is 12.5. The van der Waals surface area contributed by atoms with Gasteiger partial charge in [-0.15, -0.1) is 0 Å². The SMILES string of the molecule is CC1(C)C2C[C@H]1CCC2CNC(=O)C1CC(NC#N)C1. The van der Waals surface area contributed by atoms with E-state index in [4.69, 9.17) is 5.26 Å². The van der Waals surface area contributed by atoms with Crippen LogP contribution in [0, 0.1) is 40.5 Å². The maximum atomic E-state index is 12.1. The minimum atomic E-state index is 0.117. The normalized spacial score (nSPS) is 40.8. The van der Waals surface area contributed by atoms with Crippen molar-refractivity contribution in [3.05, 3.63) is 0 Å². The number of hydrogen-bond acceptors (Lipinski definition) is 3. The van der Waals surface area contributed by atoms with E-state index in [1.165, 1.54) is 19.3 Å². The molecule has 2 N–H and O–H groups in total. The molecule has 0 aromatic heterocycles. The van der Waals surface area contributed by atoms with Gasteiger partial charge in [0.1, 0.15) is 0 Å². The Bertz CT molecular complexity index is 431. The van der Waals surface area contributed by atoms with Crippen LogP contribution in [-0.4, -0.2) is 18.5 Å².